The molecule has 0 aromatic carbocycles. The summed E-state index contributed by atoms with van der Waals surface area (Å²) in [5.74, 6) is 1.23. The van der Waals surface area contributed by atoms with Crippen LogP contribution in [0.2, 0.25) is 0 Å². The molecule has 2 atom stereocenters. The van der Waals surface area contributed by atoms with E-state index in [4.69, 9.17) is 9.15 Å². The van der Waals surface area contributed by atoms with Gasteiger partial charge in [0.05, 0.1) is 11.7 Å². The molecule has 0 unspecified atom stereocenters. The van der Waals surface area contributed by atoms with Crippen molar-refractivity contribution in [3.05, 3.63) is 23.2 Å². The highest BCUT2D eigenvalue weighted by Gasteiger charge is 2.35. The van der Waals surface area contributed by atoms with Crippen LogP contribution in [0.5, 0.6) is 0 Å². The molecule has 1 saturated heterocycles. The van der Waals surface area contributed by atoms with Gasteiger partial charge in [0.2, 0.25) is 0 Å². The van der Waals surface area contributed by atoms with Gasteiger partial charge in [-0.05, 0) is 26.8 Å². The maximum atomic E-state index is 12.3. The molecule has 100 valence electrons. The number of amides is 1. The second-order valence-corrected chi connectivity index (χ2v) is 4.60. The molecule has 18 heavy (non-hydrogen) atoms. The number of hydrogen-bond donors (Lipinski definition) is 1. The van der Waals surface area contributed by atoms with Crippen molar-refractivity contribution in [2.45, 2.75) is 33.0 Å². The Morgan fingerprint density at radius 3 is 2.83 bits per heavy atom. The number of aliphatic hydroxyl groups excluding tert-OH is 1. The van der Waals surface area contributed by atoms with Crippen molar-refractivity contribution in [2.24, 2.45) is 0 Å². The Bertz CT molecular complexity index is 440. The minimum absolute atomic E-state index is 0.106. The number of ether oxygens (including phenoxy) is 1. The molecular weight excluding hydrogens is 234 g/mol. The smallest absolute Gasteiger partial charge is 0.257 e. The van der Waals surface area contributed by atoms with Crippen LogP contribution >= 0.6 is 0 Å². The average Bonchev–Trinajstić information content (AvgIpc) is 2.83. The Hall–Kier alpha value is -1.33. The number of aryl methyl sites for hydroxylation is 2. The Kier molecular flexibility index (Phi) is 3.73. The standard InChI is InChI=1S/C13H19NO4/c1-4-17-12-7-14(6-11(12)15)13(16)10-5-8(2)18-9(10)3/h5,11-12,15H,4,6-7H2,1-3H3/t11-,12-/m0/s1. The molecule has 0 spiro atoms. The number of carbonyl (C=O) groups excluding carboxylic acids is 1. The van der Waals surface area contributed by atoms with E-state index < -0.39 is 6.10 Å². The van der Waals surface area contributed by atoms with Crippen LogP contribution in [0.3, 0.4) is 0 Å². The number of rotatable bonds is 3. The highest BCUT2D eigenvalue weighted by atomic mass is 16.5. The van der Waals surface area contributed by atoms with Gasteiger partial charge in [-0.25, -0.2) is 0 Å². The normalized spacial score (nSPS) is 23.7. The van der Waals surface area contributed by atoms with Gasteiger partial charge in [0.25, 0.3) is 5.91 Å². The molecule has 1 fully saturated rings. The minimum Gasteiger partial charge on any atom is -0.466 e. The summed E-state index contributed by atoms with van der Waals surface area (Å²) < 4.78 is 10.8. The third-order valence-corrected chi connectivity index (χ3v) is 3.18. The maximum Gasteiger partial charge on any atom is 0.257 e. The summed E-state index contributed by atoms with van der Waals surface area (Å²) in [7, 11) is 0. The number of β-amino-alcohol motifs (C(OH)–C–C–N with tert-alkyl or cyclic N) is 1. The Labute approximate surface area is 106 Å². The molecule has 5 heteroatoms. The van der Waals surface area contributed by atoms with E-state index in [-0.39, 0.29) is 12.0 Å². The number of likely N-dealkylation sites (tertiary alicyclic amines) is 1. The van der Waals surface area contributed by atoms with Crippen molar-refractivity contribution < 1.29 is 19.1 Å². The van der Waals surface area contributed by atoms with Crippen molar-refractivity contribution in [3.8, 4) is 0 Å². The molecule has 0 saturated carbocycles. The fourth-order valence-corrected chi connectivity index (χ4v) is 2.31. The average molecular weight is 253 g/mol. The van der Waals surface area contributed by atoms with Crippen LogP contribution in [0.4, 0.5) is 0 Å². The first-order valence-corrected chi connectivity index (χ1v) is 6.19. The first-order chi connectivity index (χ1) is 8.52. The molecular formula is C13H19NO4. The zero-order valence-corrected chi connectivity index (χ0v) is 11.0. The van der Waals surface area contributed by atoms with E-state index in [1.807, 2.05) is 13.8 Å². The summed E-state index contributed by atoms with van der Waals surface area (Å²) in [6.45, 7) is 6.73. The molecule has 0 bridgehead atoms. The second kappa shape index (κ2) is 5.12. The molecule has 0 radical (unpaired) electrons. The predicted octanol–water partition coefficient (Wildman–Crippen LogP) is 1.12. The van der Waals surface area contributed by atoms with Crippen LogP contribution in [-0.4, -0.2) is 47.8 Å². The lowest BCUT2D eigenvalue weighted by atomic mass is 10.2. The lowest BCUT2D eigenvalue weighted by Crippen LogP contribution is -2.30. The predicted molar refractivity (Wildman–Crippen MR) is 65.5 cm³/mol. The molecule has 1 N–H and O–H groups in total. The van der Waals surface area contributed by atoms with Gasteiger partial charge in [0.15, 0.2) is 0 Å². The number of aliphatic hydroxyl groups is 1. The fourth-order valence-electron chi connectivity index (χ4n) is 2.31. The molecule has 1 amide bonds. The number of carbonyl (C=O) groups is 1. The quantitative estimate of drug-likeness (QED) is 0.876. The summed E-state index contributed by atoms with van der Waals surface area (Å²) in [5, 5.41) is 9.82. The van der Waals surface area contributed by atoms with Gasteiger partial charge < -0.3 is 19.2 Å². The summed E-state index contributed by atoms with van der Waals surface area (Å²) in [5.41, 5.74) is 0.567. The van der Waals surface area contributed by atoms with Crippen molar-refractivity contribution in [2.75, 3.05) is 19.7 Å². The van der Waals surface area contributed by atoms with Gasteiger partial charge in [0.1, 0.15) is 17.6 Å². The third kappa shape index (κ3) is 2.42. The summed E-state index contributed by atoms with van der Waals surface area (Å²) in [6, 6.07) is 1.73. The summed E-state index contributed by atoms with van der Waals surface area (Å²) in [6.07, 6.45) is -0.894. The van der Waals surface area contributed by atoms with Crippen molar-refractivity contribution in [3.63, 3.8) is 0 Å². The highest BCUT2D eigenvalue weighted by molar-refractivity contribution is 5.95. The van der Waals surface area contributed by atoms with Crippen LogP contribution in [0.25, 0.3) is 0 Å². The Morgan fingerprint density at radius 1 is 1.56 bits per heavy atom. The van der Waals surface area contributed by atoms with Crippen molar-refractivity contribution in [1.29, 1.82) is 0 Å². The SMILES string of the molecule is CCO[C@H]1CN(C(=O)c2cc(C)oc2C)C[C@@H]1O. The van der Waals surface area contributed by atoms with Gasteiger partial charge in [-0.15, -0.1) is 0 Å². The van der Waals surface area contributed by atoms with Crippen LogP contribution in [0, 0.1) is 13.8 Å². The molecule has 1 aliphatic heterocycles. The zero-order valence-electron chi connectivity index (χ0n) is 11.0. The topological polar surface area (TPSA) is 62.9 Å². The molecule has 0 aliphatic carbocycles. The minimum atomic E-state index is -0.609. The van der Waals surface area contributed by atoms with E-state index in [0.717, 1.165) is 5.76 Å². The second-order valence-electron chi connectivity index (χ2n) is 4.60. The Morgan fingerprint density at radius 2 is 2.28 bits per heavy atom. The molecule has 2 rings (SSSR count). The van der Waals surface area contributed by atoms with Crippen LogP contribution < -0.4 is 0 Å². The lowest BCUT2D eigenvalue weighted by Gasteiger charge is -2.15. The van der Waals surface area contributed by atoms with Crippen LogP contribution in [-0.2, 0) is 4.74 Å². The van der Waals surface area contributed by atoms with Gasteiger partial charge in [-0.1, -0.05) is 0 Å². The Balaban J connectivity index is 2.09. The van der Waals surface area contributed by atoms with Crippen molar-refractivity contribution in [1.82, 2.24) is 4.90 Å². The van der Waals surface area contributed by atoms with Crippen LogP contribution in [0.15, 0.2) is 10.5 Å². The van der Waals surface area contributed by atoms with E-state index in [1.54, 1.807) is 17.9 Å². The van der Waals surface area contributed by atoms with Crippen molar-refractivity contribution >= 4 is 5.91 Å². The molecule has 2 heterocycles. The lowest BCUT2D eigenvalue weighted by molar-refractivity contribution is -0.00237. The molecule has 1 aliphatic rings. The zero-order chi connectivity index (χ0) is 13.3. The van der Waals surface area contributed by atoms with Gasteiger partial charge in [0, 0.05) is 19.7 Å². The monoisotopic (exact) mass is 253 g/mol. The van der Waals surface area contributed by atoms with Gasteiger partial charge >= 0.3 is 0 Å². The third-order valence-electron chi connectivity index (χ3n) is 3.18. The maximum absolute atomic E-state index is 12.3. The van der Waals surface area contributed by atoms with E-state index in [0.29, 0.717) is 31.0 Å². The fraction of sp³-hybridized carbons (Fsp3) is 0.615. The van der Waals surface area contributed by atoms with E-state index in [1.165, 1.54) is 0 Å². The summed E-state index contributed by atoms with van der Waals surface area (Å²) >= 11 is 0. The molecule has 1 aromatic rings. The number of hydrogen-bond acceptors (Lipinski definition) is 4. The van der Waals surface area contributed by atoms with Crippen LogP contribution in [0.1, 0.15) is 28.8 Å². The first kappa shape index (κ1) is 13.1. The summed E-state index contributed by atoms with van der Waals surface area (Å²) in [4.78, 5) is 13.9. The largest absolute Gasteiger partial charge is 0.466 e. The van der Waals surface area contributed by atoms with E-state index in [2.05, 4.69) is 0 Å². The van der Waals surface area contributed by atoms with E-state index in [9.17, 15) is 9.90 Å². The molecule has 5 nitrogen and oxygen atoms in total. The first-order valence-electron chi connectivity index (χ1n) is 6.19. The van der Waals surface area contributed by atoms with Gasteiger partial charge in [-0.2, -0.15) is 0 Å². The number of nitrogens with zero attached hydrogens (tertiary/aromatic N) is 1. The molecule has 1 aromatic heterocycles. The van der Waals surface area contributed by atoms with Gasteiger partial charge in [-0.3, -0.25) is 4.79 Å². The van der Waals surface area contributed by atoms with E-state index >= 15 is 0 Å². The number of furan rings is 1. The highest BCUT2D eigenvalue weighted by Crippen LogP contribution is 2.20.